The van der Waals surface area contributed by atoms with E-state index in [0.29, 0.717) is 10.8 Å². The van der Waals surface area contributed by atoms with E-state index in [4.69, 9.17) is 12.2 Å². The molecule has 0 aliphatic carbocycles. The van der Waals surface area contributed by atoms with Gasteiger partial charge in [0.15, 0.2) is 5.11 Å². The first-order valence-corrected chi connectivity index (χ1v) is 7.23. The van der Waals surface area contributed by atoms with Gasteiger partial charge in [0.1, 0.15) is 0 Å². The minimum atomic E-state index is -1.20. The van der Waals surface area contributed by atoms with Crippen molar-refractivity contribution in [2.75, 3.05) is 10.7 Å². The maximum Gasteiger partial charge on any atom is 0.189 e. The zero-order valence-corrected chi connectivity index (χ0v) is 12.9. The highest BCUT2D eigenvalue weighted by molar-refractivity contribution is 7.80. The van der Waals surface area contributed by atoms with Gasteiger partial charge in [-0.2, -0.15) is 0 Å². The van der Waals surface area contributed by atoms with Crippen LogP contribution in [-0.4, -0.2) is 11.1 Å². The molecule has 0 spiro atoms. The predicted octanol–water partition coefficient (Wildman–Crippen LogP) is 1.93. The molecule has 2 aromatic rings. The molecule has 0 saturated heterocycles. The number of hydrogen-bond acceptors (Lipinski definition) is 4. The minimum Gasteiger partial charge on any atom is -0.545 e. The zero-order valence-electron chi connectivity index (χ0n) is 12.1. The quantitative estimate of drug-likeness (QED) is 0.578. The molecule has 0 atom stereocenters. The summed E-state index contributed by atoms with van der Waals surface area (Å²) in [7, 11) is 0. The molecule has 6 heteroatoms. The van der Waals surface area contributed by atoms with Gasteiger partial charge in [-0.05, 0) is 48.0 Å². The first kappa shape index (κ1) is 15.8. The molecule has 3 N–H and O–H groups in total. The number of benzene rings is 2. The largest absolute Gasteiger partial charge is 0.545 e. The molecule has 0 fully saturated rings. The monoisotopic (exact) mass is 314 g/mol. The van der Waals surface area contributed by atoms with Gasteiger partial charge in [-0.25, -0.2) is 0 Å². The second-order valence-corrected chi connectivity index (χ2v) is 4.99. The fourth-order valence-corrected chi connectivity index (χ4v) is 2.08. The van der Waals surface area contributed by atoms with Gasteiger partial charge in [0, 0.05) is 5.69 Å². The molecule has 0 aliphatic heterocycles. The summed E-state index contributed by atoms with van der Waals surface area (Å²) in [5, 5.41) is 14.2. The van der Waals surface area contributed by atoms with Crippen molar-refractivity contribution in [3.63, 3.8) is 0 Å². The van der Waals surface area contributed by atoms with Crippen LogP contribution in [0.15, 0.2) is 48.5 Å². The lowest BCUT2D eigenvalue weighted by Gasteiger charge is -2.15. The number of aryl methyl sites for hydroxylation is 1. The molecule has 2 rings (SSSR count). The third kappa shape index (κ3) is 4.20. The first-order chi connectivity index (χ1) is 10.6. The molecular weight excluding hydrogens is 298 g/mol. The van der Waals surface area contributed by atoms with Gasteiger partial charge < -0.3 is 15.2 Å². The summed E-state index contributed by atoms with van der Waals surface area (Å²) in [5.41, 5.74) is 8.70. The van der Waals surface area contributed by atoms with Crippen LogP contribution >= 0.6 is 12.2 Å². The van der Waals surface area contributed by atoms with Crippen molar-refractivity contribution in [2.24, 2.45) is 0 Å². The smallest absolute Gasteiger partial charge is 0.189 e. The van der Waals surface area contributed by atoms with Crippen LogP contribution in [-0.2, 0) is 6.42 Å². The van der Waals surface area contributed by atoms with Gasteiger partial charge in [-0.3, -0.25) is 10.9 Å². The highest BCUT2D eigenvalue weighted by Gasteiger charge is 2.02. The number of rotatable bonds is 5. The van der Waals surface area contributed by atoms with Crippen LogP contribution in [0.3, 0.4) is 0 Å². The number of carboxylic acid groups (broad SMARTS) is 1. The van der Waals surface area contributed by atoms with Crippen LogP contribution < -0.4 is 21.3 Å². The molecule has 0 aromatic heterocycles. The predicted molar refractivity (Wildman–Crippen MR) is 89.6 cm³/mol. The van der Waals surface area contributed by atoms with E-state index in [-0.39, 0.29) is 5.56 Å². The number of hydrogen-bond donors (Lipinski definition) is 3. The van der Waals surface area contributed by atoms with Gasteiger partial charge in [0.25, 0.3) is 0 Å². The number of para-hydroxylation sites is 1. The van der Waals surface area contributed by atoms with E-state index >= 15 is 0 Å². The lowest BCUT2D eigenvalue weighted by Crippen LogP contribution is -2.33. The van der Waals surface area contributed by atoms with Crippen molar-refractivity contribution in [1.82, 2.24) is 5.43 Å². The number of hydrazine groups is 1. The Bertz CT molecular complexity index is 671. The molecule has 0 heterocycles. The maximum absolute atomic E-state index is 10.7. The highest BCUT2D eigenvalue weighted by Crippen LogP contribution is 2.15. The number of anilines is 2. The number of aromatic carboxylic acids is 1. The maximum atomic E-state index is 10.7. The van der Waals surface area contributed by atoms with Crippen LogP contribution in [0.2, 0.25) is 0 Å². The first-order valence-electron chi connectivity index (χ1n) is 6.82. The van der Waals surface area contributed by atoms with Gasteiger partial charge >= 0.3 is 0 Å². The van der Waals surface area contributed by atoms with Gasteiger partial charge in [-0.15, -0.1) is 0 Å². The SMILES string of the molecule is CCc1ccccc1NC(=S)NNc1ccc(C(=O)[O-])cc1. The average Bonchev–Trinajstić information content (AvgIpc) is 2.54. The van der Waals surface area contributed by atoms with Crippen molar-refractivity contribution in [2.45, 2.75) is 13.3 Å². The third-order valence-corrected chi connectivity index (χ3v) is 3.29. The van der Waals surface area contributed by atoms with E-state index < -0.39 is 5.97 Å². The van der Waals surface area contributed by atoms with E-state index in [9.17, 15) is 9.90 Å². The fourth-order valence-electron chi connectivity index (χ4n) is 1.92. The molecule has 0 aliphatic rings. The highest BCUT2D eigenvalue weighted by atomic mass is 32.1. The van der Waals surface area contributed by atoms with Crippen molar-refractivity contribution < 1.29 is 9.90 Å². The fraction of sp³-hybridized carbons (Fsp3) is 0.125. The molecule has 0 saturated carbocycles. The molecule has 0 unspecified atom stereocenters. The molecule has 2 aromatic carbocycles. The third-order valence-electron chi connectivity index (χ3n) is 3.09. The Kier molecular flexibility index (Phi) is 5.32. The van der Waals surface area contributed by atoms with Gasteiger partial charge in [0.2, 0.25) is 0 Å². The molecule has 114 valence electrons. The van der Waals surface area contributed by atoms with E-state index in [2.05, 4.69) is 23.1 Å². The van der Waals surface area contributed by atoms with Crippen LogP contribution in [0.5, 0.6) is 0 Å². The molecule has 0 radical (unpaired) electrons. The standard InChI is InChI=1S/C16H17N3O2S/c1-2-11-5-3-4-6-14(11)17-16(22)19-18-13-9-7-12(8-10-13)15(20)21/h3-10,18H,2H2,1H3,(H,20,21)(H2,17,19,22)/p-1. The van der Waals surface area contributed by atoms with Gasteiger partial charge in [-0.1, -0.05) is 37.3 Å². The van der Waals surface area contributed by atoms with Crippen molar-refractivity contribution in [1.29, 1.82) is 0 Å². The Hall–Kier alpha value is -2.60. The van der Waals surface area contributed by atoms with Crippen molar-refractivity contribution >= 4 is 34.7 Å². The Balaban J connectivity index is 1.91. The van der Waals surface area contributed by atoms with E-state index in [1.54, 1.807) is 12.1 Å². The Morgan fingerprint density at radius 2 is 1.82 bits per heavy atom. The molecule has 5 nitrogen and oxygen atoms in total. The Labute approximate surface area is 134 Å². The lowest BCUT2D eigenvalue weighted by molar-refractivity contribution is -0.255. The summed E-state index contributed by atoms with van der Waals surface area (Å²) < 4.78 is 0. The summed E-state index contributed by atoms with van der Waals surface area (Å²) in [5.74, 6) is -1.20. The molecule has 22 heavy (non-hydrogen) atoms. The molecular formula is C16H16N3O2S-. The summed E-state index contributed by atoms with van der Waals surface area (Å²) in [6.45, 7) is 2.08. The molecule has 0 bridgehead atoms. The number of carbonyl (C=O) groups excluding carboxylic acids is 1. The van der Waals surface area contributed by atoms with E-state index in [1.165, 1.54) is 17.7 Å². The molecule has 0 amide bonds. The summed E-state index contributed by atoms with van der Waals surface area (Å²) in [6.07, 6.45) is 0.907. The normalized spacial score (nSPS) is 9.86. The van der Waals surface area contributed by atoms with Gasteiger partial charge in [0.05, 0.1) is 11.7 Å². The van der Waals surface area contributed by atoms with Crippen LogP contribution in [0, 0.1) is 0 Å². The second kappa shape index (κ2) is 7.42. The van der Waals surface area contributed by atoms with Crippen molar-refractivity contribution in [3.8, 4) is 0 Å². The zero-order chi connectivity index (χ0) is 15.9. The number of nitrogens with one attached hydrogen (secondary N) is 3. The topological polar surface area (TPSA) is 76.2 Å². The average molecular weight is 314 g/mol. The Morgan fingerprint density at radius 3 is 2.45 bits per heavy atom. The van der Waals surface area contributed by atoms with E-state index in [0.717, 1.165) is 12.1 Å². The number of carbonyl (C=O) groups is 1. The minimum absolute atomic E-state index is 0.128. The van der Waals surface area contributed by atoms with Crippen LogP contribution in [0.4, 0.5) is 11.4 Å². The van der Waals surface area contributed by atoms with Crippen LogP contribution in [0.1, 0.15) is 22.8 Å². The second-order valence-electron chi connectivity index (χ2n) is 4.58. The number of thiocarbonyl (C=S) groups is 1. The van der Waals surface area contributed by atoms with Crippen LogP contribution in [0.25, 0.3) is 0 Å². The van der Waals surface area contributed by atoms with E-state index in [1.807, 2.05) is 24.3 Å². The summed E-state index contributed by atoms with van der Waals surface area (Å²) in [6, 6.07) is 14.1. The number of carboxylic acids is 1. The summed E-state index contributed by atoms with van der Waals surface area (Å²) >= 11 is 5.22. The van der Waals surface area contributed by atoms with Crippen molar-refractivity contribution in [3.05, 3.63) is 59.7 Å². The Morgan fingerprint density at radius 1 is 1.14 bits per heavy atom. The summed E-state index contributed by atoms with van der Waals surface area (Å²) in [4.78, 5) is 10.7. The lowest BCUT2D eigenvalue weighted by atomic mass is 10.1.